The topological polar surface area (TPSA) is 48.0 Å². The van der Waals surface area contributed by atoms with Crippen LogP contribution in [-0.4, -0.2) is 32.6 Å². The van der Waals surface area contributed by atoms with Gasteiger partial charge in [-0.15, -0.1) is 11.6 Å². The highest BCUT2D eigenvalue weighted by atomic mass is 35.5. The van der Waals surface area contributed by atoms with Gasteiger partial charge in [-0.25, -0.2) is 0 Å². The minimum absolute atomic E-state index is 0.189. The van der Waals surface area contributed by atoms with E-state index >= 15 is 0 Å². The molecule has 3 rings (SSSR count). The first kappa shape index (κ1) is 24.2. The lowest BCUT2D eigenvalue weighted by Crippen LogP contribution is -2.35. The van der Waals surface area contributed by atoms with E-state index in [1.165, 1.54) is 0 Å². The standard InChI is InChI=1S/C27H28ClNO4/c1-19(28)27(30)29(22-8-6-5-7-9-22)18-25-21(16-24(32-3)17-26(25)33-4)13-10-20-11-14-23(31-2)15-12-20/h5-17,19H,18H2,1-4H3. The summed E-state index contributed by atoms with van der Waals surface area (Å²) in [5.74, 6) is 1.89. The smallest absolute Gasteiger partial charge is 0.245 e. The molecule has 0 spiro atoms. The molecule has 0 radical (unpaired) electrons. The predicted molar refractivity (Wildman–Crippen MR) is 134 cm³/mol. The number of amides is 1. The van der Waals surface area contributed by atoms with E-state index in [4.69, 9.17) is 25.8 Å². The van der Waals surface area contributed by atoms with Crippen LogP contribution < -0.4 is 19.1 Å². The molecule has 0 heterocycles. The lowest BCUT2D eigenvalue weighted by Gasteiger charge is -2.26. The monoisotopic (exact) mass is 465 g/mol. The maximum atomic E-state index is 13.0. The Bertz CT molecular complexity index is 1100. The zero-order chi connectivity index (χ0) is 23.8. The Kier molecular flexibility index (Phi) is 8.39. The minimum Gasteiger partial charge on any atom is -0.497 e. The van der Waals surface area contributed by atoms with Crippen LogP contribution in [0.4, 0.5) is 5.69 Å². The molecule has 3 aromatic rings. The minimum atomic E-state index is -0.673. The Morgan fingerprint density at radius 3 is 2.15 bits per heavy atom. The molecule has 0 bridgehead atoms. The van der Waals surface area contributed by atoms with E-state index < -0.39 is 5.38 Å². The third-order valence-corrected chi connectivity index (χ3v) is 5.42. The number of hydrogen-bond acceptors (Lipinski definition) is 4. The Balaban J connectivity index is 2.06. The summed E-state index contributed by atoms with van der Waals surface area (Å²) in [5, 5.41) is -0.673. The molecule has 172 valence electrons. The Hall–Kier alpha value is -3.44. The second-order valence-corrected chi connectivity index (χ2v) is 8.03. The number of rotatable bonds is 9. The van der Waals surface area contributed by atoms with Gasteiger partial charge in [-0.1, -0.05) is 42.5 Å². The molecule has 0 N–H and O–H groups in total. The largest absolute Gasteiger partial charge is 0.497 e. The maximum absolute atomic E-state index is 13.0. The van der Waals surface area contributed by atoms with Gasteiger partial charge in [0.05, 0.1) is 27.9 Å². The van der Waals surface area contributed by atoms with E-state index in [2.05, 4.69) is 0 Å². The zero-order valence-corrected chi connectivity index (χ0v) is 20.0. The summed E-state index contributed by atoms with van der Waals surface area (Å²) in [6.07, 6.45) is 3.98. The van der Waals surface area contributed by atoms with E-state index in [1.807, 2.05) is 78.9 Å². The van der Waals surface area contributed by atoms with Crippen molar-refractivity contribution in [2.45, 2.75) is 18.8 Å². The third kappa shape index (κ3) is 6.08. The molecule has 1 amide bonds. The molecule has 0 aliphatic heterocycles. The summed E-state index contributed by atoms with van der Waals surface area (Å²) in [7, 11) is 4.86. The normalized spacial score (nSPS) is 11.8. The maximum Gasteiger partial charge on any atom is 0.245 e. The molecule has 0 aliphatic carbocycles. The van der Waals surface area contributed by atoms with Crippen molar-refractivity contribution in [3.8, 4) is 17.2 Å². The number of methoxy groups -OCH3 is 3. The Morgan fingerprint density at radius 1 is 0.909 bits per heavy atom. The van der Waals surface area contributed by atoms with Gasteiger partial charge in [0.15, 0.2) is 0 Å². The molecule has 0 aliphatic rings. The van der Waals surface area contributed by atoms with Gasteiger partial charge >= 0.3 is 0 Å². The van der Waals surface area contributed by atoms with Gasteiger partial charge in [-0.3, -0.25) is 4.79 Å². The van der Waals surface area contributed by atoms with E-state index in [0.29, 0.717) is 11.5 Å². The second kappa shape index (κ2) is 11.4. The summed E-state index contributed by atoms with van der Waals surface area (Å²) in [6, 6.07) is 21.0. The van der Waals surface area contributed by atoms with Crippen molar-refractivity contribution in [2.75, 3.05) is 26.2 Å². The lowest BCUT2D eigenvalue weighted by molar-refractivity contribution is -0.118. The Labute approximate surface area is 200 Å². The summed E-state index contributed by atoms with van der Waals surface area (Å²) in [4.78, 5) is 14.7. The van der Waals surface area contributed by atoms with E-state index in [0.717, 1.165) is 28.1 Å². The van der Waals surface area contributed by atoms with Gasteiger partial charge in [-0.2, -0.15) is 0 Å². The van der Waals surface area contributed by atoms with Crippen LogP contribution in [0.15, 0.2) is 66.7 Å². The van der Waals surface area contributed by atoms with Crippen LogP contribution in [0.1, 0.15) is 23.6 Å². The highest BCUT2D eigenvalue weighted by molar-refractivity contribution is 6.32. The molecule has 3 aromatic carbocycles. The van der Waals surface area contributed by atoms with Crippen LogP contribution in [-0.2, 0) is 11.3 Å². The van der Waals surface area contributed by atoms with Crippen molar-refractivity contribution in [2.24, 2.45) is 0 Å². The highest BCUT2D eigenvalue weighted by Gasteiger charge is 2.23. The molecular formula is C27H28ClNO4. The average Bonchev–Trinajstić information content (AvgIpc) is 2.86. The number of ether oxygens (including phenoxy) is 3. The van der Waals surface area contributed by atoms with Crippen LogP contribution >= 0.6 is 11.6 Å². The number of carbonyl (C=O) groups is 1. The van der Waals surface area contributed by atoms with Crippen LogP contribution in [0.3, 0.4) is 0 Å². The molecule has 0 saturated heterocycles. The van der Waals surface area contributed by atoms with Crippen LogP contribution in [0.2, 0.25) is 0 Å². The molecule has 5 nitrogen and oxygen atoms in total. The van der Waals surface area contributed by atoms with Crippen LogP contribution in [0.25, 0.3) is 12.2 Å². The SMILES string of the molecule is COc1ccc(C=Cc2cc(OC)cc(OC)c2CN(C(=O)C(C)Cl)c2ccccc2)cc1. The van der Waals surface area contributed by atoms with Crippen molar-refractivity contribution in [3.63, 3.8) is 0 Å². The number of anilines is 1. The van der Waals surface area contributed by atoms with Gasteiger partial charge < -0.3 is 19.1 Å². The number of hydrogen-bond donors (Lipinski definition) is 0. The van der Waals surface area contributed by atoms with Crippen molar-refractivity contribution < 1.29 is 19.0 Å². The average molecular weight is 466 g/mol. The zero-order valence-electron chi connectivity index (χ0n) is 19.2. The number of alkyl halides is 1. The second-order valence-electron chi connectivity index (χ2n) is 7.38. The first-order valence-corrected chi connectivity index (χ1v) is 11.0. The van der Waals surface area contributed by atoms with E-state index in [-0.39, 0.29) is 12.5 Å². The summed E-state index contributed by atoms with van der Waals surface area (Å²) < 4.78 is 16.4. The summed E-state index contributed by atoms with van der Waals surface area (Å²) >= 11 is 6.20. The molecule has 33 heavy (non-hydrogen) atoms. The molecule has 1 unspecified atom stereocenters. The van der Waals surface area contributed by atoms with Crippen molar-refractivity contribution >= 4 is 35.3 Å². The van der Waals surface area contributed by atoms with E-state index in [9.17, 15) is 4.79 Å². The molecule has 0 aromatic heterocycles. The van der Waals surface area contributed by atoms with Gasteiger partial charge in [0.1, 0.15) is 22.6 Å². The number of halogens is 1. The fourth-order valence-electron chi connectivity index (χ4n) is 3.44. The van der Waals surface area contributed by atoms with Crippen LogP contribution in [0.5, 0.6) is 17.2 Å². The Morgan fingerprint density at radius 2 is 1.58 bits per heavy atom. The predicted octanol–water partition coefficient (Wildman–Crippen LogP) is 6.04. The fourth-order valence-corrected chi connectivity index (χ4v) is 3.55. The van der Waals surface area contributed by atoms with E-state index in [1.54, 1.807) is 33.2 Å². The number of para-hydroxylation sites is 1. The van der Waals surface area contributed by atoms with Gasteiger partial charge in [0.25, 0.3) is 0 Å². The molecular weight excluding hydrogens is 438 g/mol. The van der Waals surface area contributed by atoms with Crippen molar-refractivity contribution in [3.05, 3.63) is 83.4 Å². The number of nitrogens with zero attached hydrogens (tertiary/aromatic N) is 1. The van der Waals surface area contributed by atoms with Crippen molar-refractivity contribution in [1.82, 2.24) is 0 Å². The highest BCUT2D eigenvalue weighted by Crippen LogP contribution is 2.33. The lowest BCUT2D eigenvalue weighted by atomic mass is 10.0. The van der Waals surface area contributed by atoms with Crippen LogP contribution in [0, 0.1) is 0 Å². The third-order valence-electron chi connectivity index (χ3n) is 5.23. The summed E-state index contributed by atoms with van der Waals surface area (Å²) in [5.41, 5.74) is 3.49. The number of carbonyl (C=O) groups excluding carboxylic acids is 1. The molecule has 0 fully saturated rings. The molecule has 6 heteroatoms. The first-order chi connectivity index (χ1) is 16.0. The van der Waals surface area contributed by atoms with Gasteiger partial charge in [-0.05, 0) is 48.4 Å². The number of benzene rings is 3. The van der Waals surface area contributed by atoms with Crippen molar-refractivity contribution in [1.29, 1.82) is 0 Å². The molecule has 1 atom stereocenters. The van der Waals surface area contributed by atoms with Gasteiger partial charge in [0, 0.05) is 17.3 Å². The molecule has 0 saturated carbocycles. The fraction of sp³-hybridized carbons (Fsp3) is 0.222. The summed E-state index contributed by atoms with van der Waals surface area (Å²) in [6.45, 7) is 1.96. The van der Waals surface area contributed by atoms with Gasteiger partial charge in [0.2, 0.25) is 5.91 Å². The quantitative estimate of drug-likeness (QED) is 0.285. The first-order valence-electron chi connectivity index (χ1n) is 10.5.